The summed E-state index contributed by atoms with van der Waals surface area (Å²) in [7, 11) is 0. The zero-order valence-electron chi connectivity index (χ0n) is 8.65. The van der Waals surface area contributed by atoms with Crippen molar-refractivity contribution >= 4 is 10.8 Å². The summed E-state index contributed by atoms with van der Waals surface area (Å²) in [5.41, 5.74) is 5.65. The summed E-state index contributed by atoms with van der Waals surface area (Å²) in [5.74, 6) is 0. The maximum Gasteiger partial charge on any atom is 0.00872 e. The maximum absolute atomic E-state index is 3.17. The summed E-state index contributed by atoms with van der Waals surface area (Å²) in [6.45, 7) is 8.78. The van der Waals surface area contributed by atoms with E-state index in [2.05, 4.69) is 45.1 Å². The van der Waals surface area contributed by atoms with E-state index in [4.69, 9.17) is 0 Å². The van der Waals surface area contributed by atoms with E-state index in [1.807, 2.05) is 0 Å². The second-order valence-corrected chi connectivity index (χ2v) is 3.78. The van der Waals surface area contributed by atoms with Crippen molar-refractivity contribution in [3.8, 4) is 0 Å². The number of benzene rings is 1. The van der Waals surface area contributed by atoms with Gasteiger partial charge >= 0.3 is 0 Å². The Hall–Kier alpha value is -1.24. The molecule has 13 heavy (non-hydrogen) atoms. The third-order valence-corrected chi connectivity index (χ3v) is 3.24. The SMILES string of the molecule is Cc1c(C)c(C)c2c[nH]cc2c1C. The van der Waals surface area contributed by atoms with Crippen molar-refractivity contribution < 1.29 is 0 Å². The van der Waals surface area contributed by atoms with Gasteiger partial charge in [0.2, 0.25) is 0 Å². The van der Waals surface area contributed by atoms with Crippen LogP contribution in [-0.2, 0) is 0 Å². The van der Waals surface area contributed by atoms with Crippen LogP contribution in [0.1, 0.15) is 22.3 Å². The van der Waals surface area contributed by atoms with Crippen LogP contribution in [0, 0.1) is 27.7 Å². The van der Waals surface area contributed by atoms with Crippen LogP contribution in [0.2, 0.25) is 0 Å². The van der Waals surface area contributed by atoms with Crippen LogP contribution in [0.25, 0.3) is 10.8 Å². The third kappa shape index (κ3) is 0.998. The summed E-state index contributed by atoms with van der Waals surface area (Å²) in [6.07, 6.45) is 4.17. The molecule has 1 aromatic carbocycles. The normalized spacial score (nSPS) is 11.1. The molecular weight excluding hydrogens is 158 g/mol. The van der Waals surface area contributed by atoms with Crippen molar-refractivity contribution in [2.45, 2.75) is 27.7 Å². The van der Waals surface area contributed by atoms with Crippen molar-refractivity contribution in [1.82, 2.24) is 4.98 Å². The van der Waals surface area contributed by atoms with Gasteiger partial charge in [0.1, 0.15) is 0 Å². The molecule has 1 N–H and O–H groups in total. The molecule has 0 aliphatic carbocycles. The van der Waals surface area contributed by atoms with E-state index in [0.717, 1.165) is 0 Å². The van der Waals surface area contributed by atoms with E-state index in [9.17, 15) is 0 Å². The summed E-state index contributed by atoms with van der Waals surface area (Å²) >= 11 is 0. The highest BCUT2D eigenvalue weighted by atomic mass is 14.6. The number of aromatic nitrogens is 1. The van der Waals surface area contributed by atoms with Crippen LogP contribution in [0.15, 0.2) is 12.4 Å². The smallest absolute Gasteiger partial charge is 0.00872 e. The number of nitrogens with one attached hydrogen (secondary N) is 1. The minimum atomic E-state index is 1.36. The van der Waals surface area contributed by atoms with E-state index in [1.54, 1.807) is 0 Å². The number of aromatic amines is 1. The fourth-order valence-electron chi connectivity index (χ4n) is 1.95. The van der Waals surface area contributed by atoms with Gasteiger partial charge in [-0.05, 0) is 49.9 Å². The first-order chi connectivity index (χ1) is 6.13. The molecule has 68 valence electrons. The predicted octanol–water partition coefficient (Wildman–Crippen LogP) is 3.40. The molecule has 0 bridgehead atoms. The van der Waals surface area contributed by atoms with Gasteiger partial charge in [0.05, 0.1) is 0 Å². The zero-order chi connectivity index (χ0) is 9.59. The number of aryl methyl sites for hydroxylation is 2. The molecule has 2 rings (SSSR count). The van der Waals surface area contributed by atoms with Crippen LogP contribution in [0.5, 0.6) is 0 Å². The van der Waals surface area contributed by atoms with Crippen molar-refractivity contribution in [2.24, 2.45) is 0 Å². The molecule has 0 saturated heterocycles. The molecule has 0 atom stereocenters. The first-order valence-corrected chi connectivity index (χ1v) is 4.65. The standard InChI is InChI=1S/C12H15N/c1-7-8(2)10(4)12-6-13-5-11(12)9(7)3/h5-6,13H,1-4H3. The summed E-state index contributed by atoms with van der Waals surface area (Å²) in [5, 5.41) is 2.72. The topological polar surface area (TPSA) is 15.8 Å². The summed E-state index contributed by atoms with van der Waals surface area (Å²) < 4.78 is 0. The average molecular weight is 173 g/mol. The molecule has 0 saturated carbocycles. The summed E-state index contributed by atoms with van der Waals surface area (Å²) in [6, 6.07) is 0. The lowest BCUT2D eigenvalue weighted by Gasteiger charge is -2.10. The third-order valence-electron chi connectivity index (χ3n) is 3.24. The maximum atomic E-state index is 3.17. The number of fused-ring (bicyclic) bond motifs is 1. The molecule has 0 aliphatic heterocycles. The molecule has 0 aliphatic rings. The summed E-state index contributed by atoms with van der Waals surface area (Å²) in [4.78, 5) is 3.17. The van der Waals surface area contributed by atoms with Crippen LogP contribution in [0.3, 0.4) is 0 Å². The van der Waals surface area contributed by atoms with E-state index >= 15 is 0 Å². The van der Waals surface area contributed by atoms with Gasteiger partial charge in [-0.25, -0.2) is 0 Å². The van der Waals surface area contributed by atoms with Crippen molar-refractivity contribution in [1.29, 1.82) is 0 Å². The molecule has 0 amide bonds. The van der Waals surface area contributed by atoms with Crippen LogP contribution >= 0.6 is 0 Å². The van der Waals surface area contributed by atoms with Crippen molar-refractivity contribution in [2.75, 3.05) is 0 Å². The van der Waals surface area contributed by atoms with E-state index in [-0.39, 0.29) is 0 Å². The Morgan fingerprint density at radius 3 is 1.46 bits per heavy atom. The van der Waals surface area contributed by atoms with Crippen LogP contribution in [-0.4, -0.2) is 4.98 Å². The highest BCUT2D eigenvalue weighted by molar-refractivity contribution is 5.90. The molecule has 2 aromatic rings. The molecular formula is C12H15N. The Bertz CT molecular complexity index is 421. The first kappa shape index (κ1) is 8.36. The highest BCUT2D eigenvalue weighted by Crippen LogP contribution is 2.28. The van der Waals surface area contributed by atoms with Crippen LogP contribution in [0.4, 0.5) is 0 Å². The molecule has 0 radical (unpaired) electrons. The number of hydrogen-bond acceptors (Lipinski definition) is 0. The van der Waals surface area contributed by atoms with Gasteiger partial charge in [-0.1, -0.05) is 0 Å². The zero-order valence-corrected chi connectivity index (χ0v) is 8.65. The van der Waals surface area contributed by atoms with Gasteiger partial charge in [0.25, 0.3) is 0 Å². The minimum absolute atomic E-state index is 1.36. The lowest BCUT2D eigenvalue weighted by molar-refractivity contribution is 1.25. The van der Waals surface area contributed by atoms with Gasteiger partial charge in [-0.3, -0.25) is 0 Å². The highest BCUT2D eigenvalue weighted by Gasteiger charge is 2.08. The molecule has 1 aromatic heterocycles. The van der Waals surface area contributed by atoms with Gasteiger partial charge < -0.3 is 4.98 Å². The average Bonchev–Trinajstić information content (AvgIpc) is 2.59. The molecule has 0 spiro atoms. The quantitative estimate of drug-likeness (QED) is 0.628. The second-order valence-electron chi connectivity index (χ2n) is 3.78. The van der Waals surface area contributed by atoms with Gasteiger partial charge in [0.15, 0.2) is 0 Å². The van der Waals surface area contributed by atoms with Crippen LogP contribution < -0.4 is 0 Å². The van der Waals surface area contributed by atoms with E-state index in [0.29, 0.717) is 0 Å². The second kappa shape index (κ2) is 2.63. The molecule has 0 fully saturated rings. The van der Waals surface area contributed by atoms with E-state index < -0.39 is 0 Å². The largest absolute Gasteiger partial charge is 0.366 e. The molecule has 1 heteroatoms. The fraction of sp³-hybridized carbons (Fsp3) is 0.333. The lowest BCUT2D eigenvalue weighted by atomic mass is 9.94. The molecule has 1 nitrogen and oxygen atoms in total. The van der Waals surface area contributed by atoms with Gasteiger partial charge in [-0.15, -0.1) is 0 Å². The van der Waals surface area contributed by atoms with Crippen molar-refractivity contribution in [3.05, 3.63) is 34.6 Å². The Morgan fingerprint density at radius 2 is 1.08 bits per heavy atom. The Kier molecular flexibility index (Phi) is 1.69. The monoisotopic (exact) mass is 173 g/mol. The molecule has 1 heterocycles. The predicted molar refractivity (Wildman–Crippen MR) is 57.2 cm³/mol. The number of hydrogen-bond donors (Lipinski definition) is 1. The van der Waals surface area contributed by atoms with Gasteiger partial charge in [0, 0.05) is 23.2 Å². The Labute approximate surface area is 78.8 Å². The minimum Gasteiger partial charge on any atom is -0.366 e. The number of rotatable bonds is 0. The van der Waals surface area contributed by atoms with E-state index in [1.165, 1.54) is 33.0 Å². The first-order valence-electron chi connectivity index (χ1n) is 4.65. The molecule has 0 unspecified atom stereocenters. The lowest BCUT2D eigenvalue weighted by Crippen LogP contribution is -1.91. The van der Waals surface area contributed by atoms with Crippen molar-refractivity contribution in [3.63, 3.8) is 0 Å². The Balaban J connectivity index is 3.02. The van der Waals surface area contributed by atoms with Gasteiger partial charge in [-0.2, -0.15) is 0 Å². The number of H-pyrrole nitrogens is 1. The fourth-order valence-corrected chi connectivity index (χ4v) is 1.95. The Morgan fingerprint density at radius 1 is 0.692 bits per heavy atom.